The monoisotopic (exact) mass is 393 g/mol. The van der Waals surface area contributed by atoms with Crippen LogP contribution in [0.3, 0.4) is 0 Å². The van der Waals surface area contributed by atoms with Crippen molar-refractivity contribution < 1.29 is 19.1 Å². The molecule has 102 valence electrons. The van der Waals surface area contributed by atoms with Crippen molar-refractivity contribution in [3.05, 3.63) is 0 Å². The van der Waals surface area contributed by atoms with E-state index in [0.717, 1.165) is 11.8 Å². The second kappa shape index (κ2) is 7.01. The van der Waals surface area contributed by atoms with Crippen LogP contribution < -0.4 is 0 Å². The first-order valence-corrected chi connectivity index (χ1v) is 7.67. The number of ether oxygens (including phenoxy) is 2. The van der Waals surface area contributed by atoms with Gasteiger partial charge in [-0.15, -0.1) is 11.8 Å². The number of nitriles is 1. The van der Waals surface area contributed by atoms with Crippen LogP contribution in [0.1, 0.15) is 19.8 Å². The summed E-state index contributed by atoms with van der Waals surface area (Å²) in [4.78, 5) is 23.2. The van der Waals surface area contributed by atoms with E-state index in [-0.39, 0.29) is 22.2 Å². The van der Waals surface area contributed by atoms with E-state index in [1.54, 1.807) is 6.92 Å². The smallest absolute Gasteiger partial charge is 0.336 e. The Morgan fingerprint density at radius 2 is 2.32 bits per heavy atom. The van der Waals surface area contributed by atoms with Crippen molar-refractivity contribution in [2.75, 3.05) is 6.61 Å². The van der Waals surface area contributed by atoms with Crippen molar-refractivity contribution in [2.24, 2.45) is 0 Å². The van der Waals surface area contributed by atoms with E-state index in [9.17, 15) is 14.9 Å². The highest BCUT2D eigenvalue weighted by Crippen LogP contribution is 2.48. The maximum atomic E-state index is 11.9. The second-order valence-corrected chi connectivity index (χ2v) is 6.97. The summed E-state index contributed by atoms with van der Waals surface area (Å²) in [5.41, 5.74) is 0. The zero-order valence-corrected chi connectivity index (χ0v) is 13.2. The summed E-state index contributed by atoms with van der Waals surface area (Å²) in [6.07, 6.45) is 7.12. The van der Waals surface area contributed by atoms with Gasteiger partial charge in [0.2, 0.25) is 4.75 Å². The molecule has 1 fully saturated rings. The fraction of sp³-hybridized carbons (Fsp3) is 0.583. The maximum absolute atomic E-state index is 11.9. The number of hydrogen-bond donors (Lipinski definition) is 0. The summed E-state index contributed by atoms with van der Waals surface area (Å²) < 4.78 is 8.13. The van der Waals surface area contributed by atoms with E-state index in [2.05, 4.69) is 27.3 Å². The Morgan fingerprint density at radius 1 is 1.63 bits per heavy atom. The Balaban J connectivity index is 2.77. The third-order valence-electron chi connectivity index (χ3n) is 2.56. The normalized spacial score (nSPS) is 29.1. The van der Waals surface area contributed by atoms with Crippen molar-refractivity contribution in [3.8, 4) is 18.6 Å². The van der Waals surface area contributed by atoms with Crippen LogP contribution >= 0.6 is 34.4 Å². The lowest BCUT2D eigenvalue weighted by Crippen LogP contribution is -2.33. The number of esters is 2. The van der Waals surface area contributed by atoms with Crippen LogP contribution in [0.15, 0.2) is 0 Å². The summed E-state index contributed by atoms with van der Waals surface area (Å²) >= 11 is 3.28. The molecule has 0 aliphatic carbocycles. The molecule has 0 spiro atoms. The molecule has 1 aliphatic heterocycles. The van der Waals surface area contributed by atoms with Gasteiger partial charge in [0.15, 0.2) is 0 Å². The van der Waals surface area contributed by atoms with E-state index in [1.165, 1.54) is 0 Å². The van der Waals surface area contributed by atoms with Crippen molar-refractivity contribution in [1.29, 1.82) is 5.26 Å². The van der Waals surface area contributed by atoms with Gasteiger partial charge in [0.25, 0.3) is 0 Å². The predicted octanol–water partition coefficient (Wildman–Crippen LogP) is 1.64. The van der Waals surface area contributed by atoms with Gasteiger partial charge in [-0.2, -0.15) is 5.26 Å². The molecule has 1 aliphatic rings. The zero-order chi connectivity index (χ0) is 14.5. The van der Waals surface area contributed by atoms with Crippen LogP contribution in [0.25, 0.3) is 0 Å². The van der Waals surface area contributed by atoms with E-state index in [0.29, 0.717) is 6.42 Å². The number of thioether (sulfide) groups is 1. The average molecular weight is 393 g/mol. The van der Waals surface area contributed by atoms with E-state index in [4.69, 9.17) is 11.2 Å². The minimum atomic E-state index is -1.23. The first-order valence-electron chi connectivity index (χ1n) is 5.54. The van der Waals surface area contributed by atoms with Crippen molar-refractivity contribution in [3.63, 3.8) is 0 Å². The Morgan fingerprint density at radius 3 is 2.84 bits per heavy atom. The van der Waals surface area contributed by atoms with E-state index >= 15 is 0 Å². The molecule has 1 heterocycles. The molecule has 0 aromatic heterocycles. The molecule has 3 atom stereocenters. The number of carbonyl (C=O) groups is 2. The molecule has 0 saturated carbocycles. The number of carbonyl (C=O) groups excluding carboxylic acids is 2. The Hall–Kier alpha value is -0.930. The third-order valence-corrected chi connectivity index (χ3v) is 5.99. The number of alkyl halides is 1. The molecule has 19 heavy (non-hydrogen) atoms. The van der Waals surface area contributed by atoms with Gasteiger partial charge in [0, 0.05) is 9.17 Å². The molecule has 0 radical (unpaired) electrons. The molecule has 0 bridgehead atoms. The van der Waals surface area contributed by atoms with E-state index in [1.807, 2.05) is 12.2 Å². The molecule has 0 unspecified atom stereocenters. The van der Waals surface area contributed by atoms with Crippen LogP contribution in [-0.4, -0.2) is 32.5 Å². The first-order chi connectivity index (χ1) is 8.99. The molecule has 0 aromatic rings. The first kappa shape index (κ1) is 16.1. The molecule has 7 heteroatoms. The number of nitrogens with zero attached hydrogens (tertiary/aromatic N) is 1. The summed E-state index contributed by atoms with van der Waals surface area (Å²) in [5.74, 6) is -1.07. The van der Waals surface area contributed by atoms with Gasteiger partial charge in [0.05, 0.1) is 19.1 Å². The molecule has 1 saturated heterocycles. The lowest BCUT2D eigenvalue weighted by Gasteiger charge is -2.17. The minimum Gasteiger partial charge on any atom is -0.464 e. The average Bonchev–Trinajstić information content (AvgIpc) is 2.68. The lowest BCUT2D eigenvalue weighted by atomic mass is 10.0. The number of terminal acetylenes is 1. The molecular weight excluding hydrogens is 381 g/mol. The molecular formula is C12H12INO4S. The molecule has 0 aromatic carbocycles. The molecule has 1 rings (SSSR count). The number of halogens is 1. The van der Waals surface area contributed by atoms with E-state index < -0.39 is 16.7 Å². The Labute approximate surface area is 129 Å². The largest absolute Gasteiger partial charge is 0.464 e. The van der Waals surface area contributed by atoms with Crippen LogP contribution in [0.5, 0.6) is 0 Å². The fourth-order valence-electron chi connectivity index (χ4n) is 1.72. The summed E-state index contributed by atoms with van der Waals surface area (Å²) in [5, 5.41) is 9.07. The quantitative estimate of drug-likeness (QED) is 0.313. The van der Waals surface area contributed by atoms with Gasteiger partial charge >= 0.3 is 11.9 Å². The van der Waals surface area contributed by atoms with Gasteiger partial charge in [-0.3, -0.25) is 4.79 Å². The summed E-state index contributed by atoms with van der Waals surface area (Å²) in [6, 6.07) is 2.02. The van der Waals surface area contributed by atoms with Gasteiger partial charge in [-0.05, 0) is 13.3 Å². The van der Waals surface area contributed by atoms with Gasteiger partial charge < -0.3 is 9.47 Å². The standard InChI is InChI=1S/C12H12INO4S/c1-3-17-10(15)5-9-8(13)6-12(7-14,19-9)11(16)18-4-2/h1,8-9H,4-6H2,2H3/t8-,9-,12-/m0/s1. The van der Waals surface area contributed by atoms with Crippen molar-refractivity contribution in [1.82, 2.24) is 0 Å². The maximum Gasteiger partial charge on any atom is 0.336 e. The second-order valence-electron chi connectivity index (χ2n) is 3.83. The molecule has 0 N–H and O–H groups in total. The van der Waals surface area contributed by atoms with Crippen molar-refractivity contribution >= 4 is 46.3 Å². The summed E-state index contributed by atoms with van der Waals surface area (Å²) in [6.45, 7) is 1.91. The van der Waals surface area contributed by atoms with Crippen LogP contribution in [0.2, 0.25) is 0 Å². The number of hydrogen-bond acceptors (Lipinski definition) is 6. The Bertz CT molecular complexity index is 456. The van der Waals surface area contributed by atoms with Crippen LogP contribution in [-0.2, 0) is 19.1 Å². The van der Waals surface area contributed by atoms with Crippen LogP contribution in [0.4, 0.5) is 0 Å². The Kier molecular flexibility index (Phi) is 5.95. The topological polar surface area (TPSA) is 76.4 Å². The highest BCUT2D eigenvalue weighted by atomic mass is 127. The minimum absolute atomic E-state index is 0.00280. The van der Waals surface area contributed by atoms with Gasteiger partial charge in [-0.1, -0.05) is 29.0 Å². The molecule has 5 nitrogen and oxygen atoms in total. The highest BCUT2D eigenvalue weighted by molar-refractivity contribution is 14.1. The van der Waals surface area contributed by atoms with Gasteiger partial charge in [0.1, 0.15) is 6.11 Å². The highest BCUT2D eigenvalue weighted by Gasteiger charge is 2.52. The third kappa shape index (κ3) is 3.77. The predicted molar refractivity (Wildman–Crippen MR) is 78.3 cm³/mol. The fourth-order valence-corrected chi connectivity index (χ4v) is 4.84. The lowest BCUT2D eigenvalue weighted by molar-refractivity contribution is -0.144. The summed E-state index contributed by atoms with van der Waals surface area (Å²) in [7, 11) is 0. The number of rotatable bonds is 4. The molecule has 0 amide bonds. The zero-order valence-electron chi connectivity index (χ0n) is 10.2. The van der Waals surface area contributed by atoms with Gasteiger partial charge in [-0.25, -0.2) is 4.79 Å². The van der Waals surface area contributed by atoms with Crippen LogP contribution in [0, 0.1) is 23.9 Å². The van der Waals surface area contributed by atoms with Crippen molar-refractivity contribution in [2.45, 2.75) is 33.7 Å². The SMILES string of the molecule is C#COC(=O)C[C@@H]1S[C@@](C#N)(C(=O)OCC)C[C@@H]1I.